The van der Waals surface area contributed by atoms with Crippen molar-refractivity contribution in [1.29, 1.82) is 0 Å². The van der Waals surface area contributed by atoms with Crippen LogP contribution in [0.15, 0.2) is 36.5 Å². The van der Waals surface area contributed by atoms with Crippen molar-refractivity contribution >= 4 is 11.5 Å². The van der Waals surface area contributed by atoms with E-state index in [1.165, 1.54) is 12.8 Å². The molecule has 1 unspecified atom stereocenters. The lowest BCUT2D eigenvalue weighted by Crippen LogP contribution is -2.46. The summed E-state index contributed by atoms with van der Waals surface area (Å²) in [7, 11) is 2.12. The number of likely N-dealkylation sites (N-methyl/N-ethyl adjacent to an activating group) is 1. The van der Waals surface area contributed by atoms with E-state index in [-0.39, 0.29) is 10.6 Å². The summed E-state index contributed by atoms with van der Waals surface area (Å²) in [6.45, 7) is 2.84. The summed E-state index contributed by atoms with van der Waals surface area (Å²) >= 11 is 0. The monoisotopic (exact) mass is 367 g/mol. The number of nitrogens with zero attached hydrogens (tertiary/aromatic N) is 5. The Morgan fingerprint density at radius 2 is 2.00 bits per heavy atom. The lowest BCUT2D eigenvalue weighted by atomic mass is 10.0. The van der Waals surface area contributed by atoms with Gasteiger partial charge in [-0.3, -0.25) is 15.0 Å². The molecule has 1 aromatic carbocycles. The Labute approximate surface area is 159 Å². The van der Waals surface area contributed by atoms with Gasteiger partial charge in [-0.25, -0.2) is 9.97 Å². The molecule has 0 amide bonds. The summed E-state index contributed by atoms with van der Waals surface area (Å²) in [6, 6.07) is 9.31. The van der Waals surface area contributed by atoms with E-state index in [1.54, 1.807) is 12.1 Å². The van der Waals surface area contributed by atoms with E-state index < -0.39 is 0 Å². The Bertz CT molecular complexity index is 806. The Morgan fingerprint density at radius 3 is 2.70 bits per heavy atom. The van der Waals surface area contributed by atoms with Gasteiger partial charge in [0, 0.05) is 50.4 Å². The highest BCUT2D eigenvalue weighted by Gasteiger charge is 2.28. The molecule has 0 spiro atoms. The molecule has 2 aromatic rings. The second kappa shape index (κ2) is 7.60. The fourth-order valence-corrected chi connectivity index (χ4v) is 3.76. The number of aromatic nitrogens is 2. The minimum atomic E-state index is -0.354. The number of non-ortho nitro benzene ring substituents is 1. The third-order valence-electron chi connectivity index (χ3n) is 5.55. The molecule has 1 saturated heterocycles. The minimum absolute atomic E-state index is 0.144. The van der Waals surface area contributed by atoms with Crippen molar-refractivity contribution in [3.05, 3.63) is 58.0 Å². The Kier molecular flexibility index (Phi) is 5.03. The lowest BCUT2D eigenvalue weighted by Gasteiger charge is -2.38. The number of rotatable bonds is 6. The third-order valence-corrected chi connectivity index (χ3v) is 5.55. The summed E-state index contributed by atoms with van der Waals surface area (Å²) in [5.41, 5.74) is 1.26. The van der Waals surface area contributed by atoms with Crippen LogP contribution in [0.25, 0.3) is 0 Å². The molecule has 1 saturated carbocycles. The maximum Gasteiger partial charge on any atom is 0.269 e. The molecule has 0 bridgehead atoms. The lowest BCUT2D eigenvalue weighted by molar-refractivity contribution is -0.384. The quantitative estimate of drug-likeness (QED) is 0.576. The second-order valence-corrected chi connectivity index (χ2v) is 7.61. The molecule has 2 aliphatic rings. The van der Waals surface area contributed by atoms with Crippen molar-refractivity contribution in [2.75, 3.05) is 25.0 Å². The molecule has 0 radical (unpaired) electrons. The van der Waals surface area contributed by atoms with Gasteiger partial charge in [0.25, 0.3) is 5.69 Å². The van der Waals surface area contributed by atoms with E-state index in [2.05, 4.69) is 21.8 Å². The van der Waals surface area contributed by atoms with Crippen LogP contribution in [-0.2, 0) is 6.54 Å². The molecule has 0 N–H and O–H groups in total. The molecule has 142 valence electrons. The zero-order valence-corrected chi connectivity index (χ0v) is 15.6. The standard InChI is InChI=1S/C20H25N5O2/c1-23(19-10-11-21-20(22-19)16-6-7-16)18-3-2-12-24(14-18)13-15-4-8-17(9-5-15)25(26)27/h4-5,8-11,16,18H,2-3,6-7,12-14H2,1H3. The average molecular weight is 367 g/mol. The Morgan fingerprint density at radius 1 is 1.22 bits per heavy atom. The molecule has 2 heterocycles. The maximum atomic E-state index is 10.8. The van der Waals surface area contributed by atoms with E-state index >= 15 is 0 Å². The van der Waals surface area contributed by atoms with Crippen molar-refractivity contribution in [2.45, 2.75) is 44.2 Å². The molecular formula is C20H25N5O2. The topological polar surface area (TPSA) is 75.4 Å². The van der Waals surface area contributed by atoms with Crippen LogP contribution in [0.1, 0.15) is 43.0 Å². The van der Waals surface area contributed by atoms with E-state index in [0.29, 0.717) is 12.0 Å². The first-order valence-corrected chi connectivity index (χ1v) is 9.61. The Hall–Kier alpha value is -2.54. The Balaban J connectivity index is 1.40. The predicted octanol–water partition coefficient (Wildman–Crippen LogP) is 3.36. The van der Waals surface area contributed by atoms with Gasteiger partial charge in [0.05, 0.1) is 4.92 Å². The average Bonchev–Trinajstić information content (AvgIpc) is 3.53. The van der Waals surface area contributed by atoms with Crippen molar-refractivity contribution < 1.29 is 4.92 Å². The van der Waals surface area contributed by atoms with Crippen molar-refractivity contribution in [2.24, 2.45) is 0 Å². The number of anilines is 1. The highest BCUT2D eigenvalue weighted by molar-refractivity contribution is 5.39. The molecule has 7 nitrogen and oxygen atoms in total. The SMILES string of the molecule is CN(c1ccnc(C2CC2)n1)C1CCCN(Cc2ccc([N+](=O)[O-])cc2)C1. The number of hydrogen-bond acceptors (Lipinski definition) is 6. The van der Waals surface area contributed by atoms with Gasteiger partial charge >= 0.3 is 0 Å². The number of nitro groups is 1. The predicted molar refractivity (Wildman–Crippen MR) is 104 cm³/mol. The molecule has 27 heavy (non-hydrogen) atoms. The fraction of sp³-hybridized carbons (Fsp3) is 0.500. The van der Waals surface area contributed by atoms with Crippen molar-refractivity contribution in [3.8, 4) is 0 Å². The molecule has 1 atom stereocenters. The summed E-state index contributed by atoms with van der Waals surface area (Å²) in [5, 5.41) is 10.8. The van der Waals surface area contributed by atoms with Gasteiger partial charge in [0.2, 0.25) is 0 Å². The third kappa shape index (κ3) is 4.24. The zero-order valence-electron chi connectivity index (χ0n) is 15.6. The molecule has 4 rings (SSSR count). The normalized spacial score (nSPS) is 20.4. The van der Waals surface area contributed by atoms with Crippen LogP contribution in [0.2, 0.25) is 0 Å². The summed E-state index contributed by atoms with van der Waals surface area (Å²) in [4.78, 5) is 24.4. The highest BCUT2D eigenvalue weighted by atomic mass is 16.6. The highest BCUT2D eigenvalue weighted by Crippen LogP contribution is 2.38. The molecular weight excluding hydrogens is 342 g/mol. The number of nitro benzene ring substituents is 1. The van der Waals surface area contributed by atoms with Gasteiger partial charge in [-0.05, 0) is 43.9 Å². The van der Waals surface area contributed by atoms with Crippen LogP contribution < -0.4 is 4.90 Å². The summed E-state index contributed by atoms with van der Waals surface area (Å²) in [5.74, 6) is 2.55. The van der Waals surface area contributed by atoms with Gasteiger partial charge in [0.1, 0.15) is 11.6 Å². The van der Waals surface area contributed by atoms with E-state index in [1.807, 2.05) is 24.4 Å². The van der Waals surface area contributed by atoms with Gasteiger partial charge < -0.3 is 4.90 Å². The van der Waals surface area contributed by atoms with E-state index in [0.717, 1.165) is 49.7 Å². The van der Waals surface area contributed by atoms with Crippen LogP contribution in [0.5, 0.6) is 0 Å². The molecule has 1 aliphatic carbocycles. The summed E-state index contributed by atoms with van der Waals surface area (Å²) in [6.07, 6.45) is 6.59. The number of benzene rings is 1. The van der Waals surface area contributed by atoms with Gasteiger partial charge in [-0.15, -0.1) is 0 Å². The van der Waals surface area contributed by atoms with Crippen LogP contribution in [0.3, 0.4) is 0 Å². The fourth-order valence-electron chi connectivity index (χ4n) is 3.76. The first kappa shape index (κ1) is 17.9. The number of piperidine rings is 1. The van der Waals surface area contributed by atoms with Gasteiger partial charge in [-0.1, -0.05) is 12.1 Å². The number of likely N-dealkylation sites (tertiary alicyclic amines) is 1. The van der Waals surface area contributed by atoms with E-state index in [9.17, 15) is 10.1 Å². The molecule has 1 aromatic heterocycles. The van der Waals surface area contributed by atoms with Gasteiger partial charge in [-0.2, -0.15) is 0 Å². The van der Waals surface area contributed by atoms with Crippen molar-refractivity contribution in [3.63, 3.8) is 0 Å². The maximum absolute atomic E-state index is 10.8. The largest absolute Gasteiger partial charge is 0.355 e. The molecule has 1 aliphatic heterocycles. The van der Waals surface area contributed by atoms with Crippen LogP contribution in [-0.4, -0.2) is 46.0 Å². The van der Waals surface area contributed by atoms with Crippen LogP contribution in [0, 0.1) is 10.1 Å². The zero-order chi connectivity index (χ0) is 18.8. The first-order chi connectivity index (χ1) is 13.1. The van der Waals surface area contributed by atoms with Crippen molar-refractivity contribution in [1.82, 2.24) is 14.9 Å². The second-order valence-electron chi connectivity index (χ2n) is 7.61. The summed E-state index contributed by atoms with van der Waals surface area (Å²) < 4.78 is 0. The smallest absolute Gasteiger partial charge is 0.269 e. The molecule has 2 fully saturated rings. The van der Waals surface area contributed by atoms with Crippen LogP contribution in [0.4, 0.5) is 11.5 Å². The number of hydrogen-bond donors (Lipinski definition) is 0. The van der Waals surface area contributed by atoms with Gasteiger partial charge in [0.15, 0.2) is 0 Å². The molecule has 7 heteroatoms. The first-order valence-electron chi connectivity index (χ1n) is 9.61. The van der Waals surface area contributed by atoms with Crippen LogP contribution >= 0.6 is 0 Å². The van der Waals surface area contributed by atoms with E-state index in [4.69, 9.17) is 4.98 Å². The minimum Gasteiger partial charge on any atom is -0.355 e.